The Balaban J connectivity index is 2.54. The van der Waals surface area contributed by atoms with Crippen molar-refractivity contribution < 1.29 is 9.47 Å². The lowest BCUT2D eigenvalue weighted by Gasteiger charge is -2.11. The lowest BCUT2D eigenvalue weighted by atomic mass is 10.1. The molecule has 0 saturated heterocycles. The SMILES string of the molecule is COc1cc(-c2cnc[nH]2)cc(N)c1OC. The zero-order chi connectivity index (χ0) is 11.5. The molecule has 0 radical (unpaired) electrons. The average molecular weight is 219 g/mol. The maximum atomic E-state index is 5.88. The third-order valence-corrected chi connectivity index (χ3v) is 2.32. The fraction of sp³-hybridized carbons (Fsp3) is 0.182. The number of nitrogens with two attached hydrogens (primary N) is 1. The number of nitrogens with one attached hydrogen (secondary N) is 1. The number of hydrogen-bond acceptors (Lipinski definition) is 4. The van der Waals surface area contributed by atoms with Gasteiger partial charge in [-0.1, -0.05) is 0 Å². The van der Waals surface area contributed by atoms with Gasteiger partial charge in [-0.25, -0.2) is 4.98 Å². The number of aromatic nitrogens is 2. The molecule has 0 unspecified atom stereocenters. The average Bonchev–Trinajstić information content (AvgIpc) is 2.81. The van der Waals surface area contributed by atoms with Crippen molar-refractivity contribution in [2.75, 3.05) is 20.0 Å². The van der Waals surface area contributed by atoms with E-state index in [4.69, 9.17) is 15.2 Å². The van der Waals surface area contributed by atoms with Crippen molar-refractivity contribution in [3.8, 4) is 22.8 Å². The molecule has 0 saturated carbocycles. The van der Waals surface area contributed by atoms with Crippen LogP contribution in [-0.4, -0.2) is 24.2 Å². The van der Waals surface area contributed by atoms with Gasteiger partial charge in [-0.3, -0.25) is 0 Å². The van der Waals surface area contributed by atoms with Crippen LogP contribution >= 0.6 is 0 Å². The first-order valence-electron chi connectivity index (χ1n) is 4.76. The Morgan fingerprint density at radius 3 is 2.62 bits per heavy atom. The molecule has 16 heavy (non-hydrogen) atoms. The van der Waals surface area contributed by atoms with Crippen LogP contribution in [0.1, 0.15) is 0 Å². The van der Waals surface area contributed by atoms with Gasteiger partial charge in [0.05, 0.1) is 38.1 Å². The number of nitrogens with zero attached hydrogens (tertiary/aromatic N) is 1. The standard InChI is InChI=1S/C11H13N3O2/c1-15-10-4-7(9-5-13-6-14-9)3-8(12)11(10)16-2/h3-6H,12H2,1-2H3,(H,13,14). The largest absolute Gasteiger partial charge is 0.493 e. The molecule has 0 aliphatic carbocycles. The number of hydrogen-bond donors (Lipinski definition) is 2. The zero-order valence-electron chi connectivity index (χ0n) is 9.15. The molecule has 5 nitrogen and oxygen atoms in total. The molecule has 5 heteroatoms. The highest BCUT2D eigenvalue weighted by atomic mass is 16.5. The maximum absolute atomic E-state index is 5.88. The van der Waals surface area contributed by atoms with Crippen LogP contribution in [0.5, 0.6) is 11.5 Å². The summed E-state index contributed by atoms with van der Waals surface area (Å²) in [6, 6.07) is 3.66. The molecule has 0 atom stereocenters. The van der Waals surface area contributed by atoms with Crippen LogP contribution in [0.4, 0.5) is 5.69 Å². The Bertz CT molecular complexity index is 480. The van der Waals surface area contributed by atoms with Gasteiger partial charge < -0.3 is 20.2 Å². The first-order valence-corrected chi connectivity index (χ1v) is 4.76. The van der Waals surface area contributed by atoms with Crippen LogP contribution in [0, 0.1) is 0 Å². The summed E-state index contributed by atoms with van der Waals surface area (Å²) in [6.45, 7) is 0. The Morgan fingerprint density at radius 2 is 2.06 bits per heavy atom. The second-order valence-corrected chi connectivity index (χ2v) is 3.27. The fourth-order valence-electron chi connectivity index (χ4n) is 1.56. The quantitative estimate of drug-likeness (QED) is 0.770. The summed E-state index contributed by atoms with van der Waals surface area (Å²) in [4.78, 5) is 6.96. The number of imidazole rings is 1. The Morgan fingerprint density at radius 1 is 1.25 bits per heavy atom. The number of benzene rings is 1. The van der Waals surface area contributed by atoms with Crippen molar-refractivity contribution in [1.82, 2.24) is 9.97 Å². The molecule has 0 spiro atoms. The number of nitrogen functional groups attached to an aromatic ring is 1. The van der Waals surface area contributed by atoms with Crippen LogP contribution in [0.2, 0.25) is 0 Å². The van der Waals surface area contributed by atoms with E-state index < -0.39 is 0 Å². The van der Waals surface area contributed by atoms with E-state index in [9.17, 15) is 0 Å². The van der Waals surface area contributed by atoms with Crippen molar-refractivity contribution in [3.63, 3.8) is 0 Å². The van der Waals surface area contributed by atoms with E-state index in [0.29, 0.717) is 17.2 Å². The van der Waals surface area contributed by atoms with Gasteiger partial charge in [-0.05, 0) is 12.1 Å². The first kappa shape index (κ1) is 10.4. The van der Waals surface area contributed by atoms with Crippen LogP contribution in [0.15, 0.2) is 24.7 Å². The van der Waals surface area contributed by atoms with Gasteiger partial charge in [0.2, 0.25) is 0 Å². The first-order chi connectivity index (χ1) is 7.76. The molecule has 84 valence electrons. The van der Waals surface area contributed by atoms with Gasteiger partial charge in [-0.2, -0.15) is 0 Å². The topological polar surface area (TPSA) is 73.2 Å². The second kappa shape index (κ2) is 4.14. The summed E-state index contributed by atoms with van der Waals surface area (Å²) < 4.78 is 10.4. The lowest BCUT2D eigenvalue weighted by Crippen LogP contribution is -1.97. The molecule has 2 aromatic rings. The van der Waals surface area contributed by atoms with Gasteiger partial charge in [-0.15, -0.1) is 0 Å². The monoisotopic (exact) mass is 219 g/mol. The minimum atomic E-state index is 0.534. The molecular formula is C11H13N3O2. The lowest BCUT2D eigenvalue weighted by molar-refractivity contribution is 0.356. The van der Waals surface area contributed by atoms with Crippen molar-refractivity contribution in [2.24, 2.45) is 0 Å². The fourth-order valence-corrected chi connectivity index (χ4v) is 1.56. The molecule has 2 rings (SSSR count). The highest BCUT2D eigenvalue weighted by molar-refractivity contribution is 5.72. The molecule has 0 aliphatic rings. The summed E-state index contributed by atoms with van der Waals surface area (Å²) >= 11 is 0. The number of methoxy groups -OCH3 is 2. The summed E-state index contributed by atoms with van der Waals surface area (Å²) in [5.74, 6) is 1.15. The number of rotatable bonds is 3. The van der Waals surface area contributed by atoms with E-state index >= 15 is 0 Å². The third kappa shape index (κ3) is 1.67. The van der Waals surface area contributed by atoms with E-state index in [1.807, 2.05) is 12.1 Å². The molecule has 0 amide bonds. The predicted molar refractivity (Wildman–Crippen MR) is 61.5 cm³/mol. The summed E-state index contributed by atoms with van der Waals surface area (Å²) in [5.41, 5.74) is 8.20. The third-order valence-electron chi connectivity index (χ3n) is 2.32. The second-order valence-electron chi connectivity index (χ2n) is 3.27. The molecule has 1 aromatic heterocycles. The number of ether oxygens (including phenoxy) is 2. The summed E-state index contributed by atoms with van der Waals surface area (Å²) in [5, 5.41) is 0. The van der Waals surface area contributed by atoms with Crippen molar-refractivity contribution >= 4 is 5.69 Å². The van der Waals surface area contributed by atoms with Crippen LogP contribution in [0.25, 0.3) is 11.3 Å². The molecule has 0 bridgehead atoms. The highest BCUT2D eigenvalue weighted by Gasteiger charge is 2.11. The molecule has 0 aliphatic heterocycles. The van der Waals surface area contributed by atoms with Gasteiger partial charge in [0.15, 0.2) is 11.5 Å². The Kier molecular flexibility index (Phi) is 2.68. The van der Waals surface area contributed by atoms with E-state index in [1.165, 1.54) is 0 Å². The smallest absolute Gasteiger partial charge is 0.183 e. The molecule has 1 aromatic carbocycles. The van der Waals surface area contributed by atoms with E-state index in [1.54, 1.807) is 26.7 Å². The Hall–Kier alpha value is -2.17. The molecule has 3 N–H and O–H groups in total. The van der Waals surface area contributed by atoms with Crippen molar-refractivity contribution in [3.05, 3.63) is 24.7 Å². The van der Waals surface area contributed by atoms with Crippen molar-refractivity contribution in [1.29, 1.82) is 0 Å². The summed E-state index contributed by atoms with van der Waals surface area (Å²) in [7, 11) is 3.14. The molecular weight excluding hydrogens is 206 g/mol. The number of anilines is 1. The van der Waals surface area contributed by atoms with Gasteiger partial charge in [0, 0.05) is 5.56 Å². The molecule has 0 fully saturated rings. The Labute approximate surface area is 93.2 Å². The van der Waals surface area contributed by atoms with Crippen LogP contribution < -0.4 is 15.2 Å². The van der Waals surface area contributed by atoms with Crippen LogP contribution in [-0.2, 0) is 0 Å². The van der Waals surface area contributed by atoms with Gasteiger partial charge in [0.25, 0.3) is 0 Å². The summed E-state index contributed by atoms with van der Waals surface area (Å²) in [6.07, 6.45) is 3.34. The van der Waals surface area contributed by atoms with Gasteiger partial charge >= 0.3 is 0 Å². The normalized spacial score (nSPS) is 10.1. The predicted octanol–water partition coefficient (Wildman–Crippen LogP) is 1.68. The van der Waals surface area contributed by atoms with E-state index in [0.717, 1.165) is 11.3 Å². The van der Waals surface area contributed by atoms with E-state index in [2.05, 4.69) is 9.97 Å². The number of aromatic amines is 1. The highest BCUT2D eigenvalue weighted by Crippen LogP contribution is 2.37. The number of H-pyrrole nitrogens is 1. The minimum Gasteiger partial charge on any atom is -0.493 e. The van der Waals surface area contributed by atoms with E-state index in [-0.39, 0.29) is 0 Å². The maximum Gasteiger partial charge on any atom is 0.183 e. The van der Waals surface area contributed by atoms with Crippen LogP contribution in [0.3, 0.4) is 0 Å². The van der Waals surface area contributed by atoms with Gasteiger partial charge in [0.1, 0.15) is 0 Å². The zero-order valence-corrected chi connectivity index (χ0v) is 9.15. The molecule has 1 heterocycles. The minimum absolute atomic E-state index is 0.534. The van der Waals surface area contributed by atoms with Crippen molar-refractivity contribution in [2.45, 2.75) is 0 Å².